The molecule has 5 nitrogen and oxygen atoms in total. The number of hydrogen-bond donors (Lipinski definition) is 1. The van der Waals surface area contributed by atoms with Crippen molar-refractivity contribution in [2.24, 2.45) is 0 Å². The number of nitriles is 1. The van der Waals surface area contributed by atoms with Crippen molar-refractivity contribution in [1.29, 1.82) is 5.26 Å². The minimum Gasteiger partial charge on any atom is -0.366 e. The zero-order valence-corrected chi connectivity index (χ0v) is 12.6. The Labute approximate surface area is 126 Å². The van der Waals surface area contributed by atoms with E-state index in [4.69, 9.17) is 5.26 Å². The lowest BCUT2D eigenvalue weighted by molar-refractivity contribution is 0.974. The van der Waals surface area contributed by atoms with Gasteiger partial charge in [0, 0.05) is 24.1 Å². The monoisotopic (exact) mass is 331 g/mol. The van der Waals surface area contributed by atoms with Gasteiger partial charge >= 0.3 is 0 Å². The van der Waals surface area contributed by atoms with Gasteiger partial charge in [0.1, 0.15) is 24.5 Å². The summed E-state index contributed by atoms with van der Waals surface area (Å²) in [5, 5.41) is 11.9. The maximum atomic E-state index is 8.69. The van der Waals surface area contributed by atoms with Gasteiger partial charge in [0.15, 0.2) is 0 Å². The summed E-state index contributed by atoms with van der Waals surface area (Å²) in [6.07, 6.45) is 1.49. The molecule has 0 saturated carbocycles. The normalized spacial score (nSPS) is 9.85. The largest absolute Gasteiger partial charge is 0.366 e. The fourth-order valence-electron chi connectivity index (χ4n) is 1.63. The number of halogens is 1. The Morgan fingerprint density at radius 2 is 2.05 bits per heavy atom. The molecular formula is C14H14BrN5. The van der Waals surface area contributed by atoms with Crippen molar-refractivity contribution in [3.8, 4) is 6.07 Å². The summed E-state index contributed by atoms with van der Waals surface area (Å²) in [6, 6.07) is 12.0. The molecule has 0 radical (unpaired) electrons. The molecule has 0 atom stereocenters. The molecule has 0 amide bonds. The second-order valence-electron chi connectivity index (χ2n) is 4.26. The Morgan fingerprint density at radius 3 is 2.75 bits per heavy atom. The highest BCUT2D eigenvalue weighted by molar-refractivity contribution is 9.10. The maximum absolute atomic E-state index is 8.69. The van der Waals surface area contributed by atoms with Crippen LogP contribution < -0.4 is 10.2 Å². The highest BCUT2D eigenvalue weighted by atomic mass is 79.9. The van der Waals surface area contributed by atoms with Gasteiger partial charge in [-0.1, -0.05) is 28.1 Å². The van der Waals surface area contributed by atoms with Crippen molar-refractivity contribution in [2.45, 2.75) is 6.54 Å². The maximum Gasteiger partial charge on any atom is 0.134 e. The van der Waals surface area contributed by atoms with Crippen molar-refractivity contribution in [1.82, 2.24) is 9.97 Å². The first-order chi connectivity index (χ1) is 9.69. The topological polar surface area (TPSA) is 64.8 Å². The summed E-state index contributed by atoms with van der Waals surface area (Å²) in [5.41, 5.74) is 1.17. The predicted octanol–water partition coefficient (Wildman–Crippen LogP) is 2.81. The van der Waals surface area contributed by atoms with Crippen LogP contribution in [0.5, 0.6) is 0 Å². The summed E-state index contributed by atoms with van der Waals surface area (Å²) < 4.78 is 1.06. The molecule has 1 aromatic carbocycles. The molecule has 1 N–H and O–H groups in total. The Balaban J connectivity index is 2.01. The summed E-state index contributed by atoms with van der Waals surface area (Å²) >= 11 is 3.41. The number of aromatic nitrogens is 2. The van der Waals surface area contributed by atoms with Crippen LogP contribution >= 0.6 is 15.9 Å². The average Bonchev–Trinajstić information content (AvgIpc) is 2.47. The molecule has 20 heavy (non-hydrogen) atoms. The molecule has 0 saturated heterocycles. The van der Waals surface area contributed by atoms with Crippen LogP contribution in [0, 0.1) is 11.3 Å². The molecule has 102 valence electrons. The molecule has 2 aromatic rings. The Kier molecular flexibility index (Phi) is 4.91. The number of nitrogens with zero attached hydrogens (tertiary/aromatic N) is 4. The second-order valence-corrected chi connectivity index (χ2v) is 5.17. The molecule has 0 unspecified atom stereocenters. The molecule has 0 aliphatic heterocycles. The molecule has 2 rings (SSSR count). The zero-order valence-electron chi connectivity index (χ0n) is 11.0. The van der Waals surface area contributed by atoms with E-state index in [0.29, 0.717) is 13.1 Å². The van der Waals surface area contributed by atoms with E-state index < -0.39 is 0 Å². The smallest absolute Gasteiger partial charge is 0.134 e. The number of nitrogens with one attached hydrogen (secondary N) is 1. The van der Waals surface area contributed by atoms with Gasteiger partial charge in [-0.3, -0.25) is 0 Å². The molecular weight excluding hydrogens is 318 g/mol. The van der Waals surface area contributed by atoms with Crippen molar-refractivity contribution in [3.63, 3.8) is 0 Å². The second kappa shape index (κ2) is 6.87. The molecule has 0 aliphatic rings. The van der Waals surface area contributed by atoms with Crippen LogP contribution in [0.3, 0.4) is 0 Å². The zero-order chi connectivity index (χ0) is 14.4. The Hall–Kier alpha value is -2.13. The van der Waals surface area contributed by atoms with Gasteiger partial charge < -0.3 is 10.2 Å². The Morgan fingerprint density at radius 1 is 1.30 bits per heavy atom. The third-order valence-corrected chi connectivity index (χ3v) is 3.27. The van der Waals surface area contributed by atoms with E-state index in [1.807, 2.05) is 37.4 Å². The number of anilines is 2. The quantitative estimate of drug-likeness (QED) is 0.853. The van der Waals surface area contributed by atoms with Crippen LogP contribution in [-0.2, 0) is 6.54 Å². The van der Waals surface area contributed by atoms with Crippen LogP contribution in [0.2, 0.25) is 0 Å². The van der Waals surface area contributed by atoms with Crippen LogP contribution in [0.4, 0.5) is 11.6 Å². The fourth-order valence-corrected chi connectivity index (χ4v) is 1.90. The number of rotatable bonds is 5. The van der Waals surface area contributed by atoms with Gasteiger partial charge in [0.25, 0.3) is 0 Å². The van der Waals surface area contributed by atoms with Gasteiger partial charge in [-0.05, 0) is 17.7 Å². The standard InChI is InChI=1S/C14H14BrN5/c1-20(7-6-16)14-8-13(18-10-19-14)17-9-11-2-4-12(15)5-3-11/h2-5,8,10H,7,9H2,1H3,(H,17,18,19). The Bertz CT molecular complexity index is 606. The van der Waals surface area contributed by atoms with Gasteiger partial charge in [-0.25, -0.2) is 9.97 Å². The van der Waals surface area contributed by atoms with E-state index in [2.05, 4.69) is 37.3 Å². The van der Waals surface area contributed by atoms with Crippen molar-refractivity contribution in [3.05, 3.63) is 46.7 Å². The summed E-state index contributed by atoms with van der Waals surface area (Å²) in [7, 11) is 1.82. The van der Waals surface area contributed by atoms with Crippen LogP contribution in [0.15, 0.2) is 41.1 Å². The molecule has 1 heterocycles. The molecule has 0 aliphatic carbocycles. The van der Waals surface area contributed by atoms with Crippen LogP contribution in [0.25, 0.3) is 0 Å². The lowest BCUT2D eigenvalue weighted by Gasteiger charge is -2.14. The first kappa shape index (κ1) is 14.3. The average molecular weight is 332 g/mol. The van der Waals surface area contributed by atoms with Crippen molar-refractivity contribution < 1.29 is 0 Å². The highest BCUT2D eigenvalue weighted by Gasteiger charge is 2.03. The van der Waals surface area contributed by atoms with Gasteiger partial charge in [-0.15, -0.1) is 0 Å². The van der Waals surface area contributed by atoms with Crippen molar-refractivity contribution >= 4 is 27.6 Å². The summed E-state index contributed by atoms with van der Waals surface area (Å²) in [6.45, 7) is 0.981. The lowest BCUT2D eigenvalue weighted by atomic mass is 10.2. The molecule has 6 heteroatoms. The van der Waals surface area contributed by atoms with Crippen LogP contribution in [-0.4, -0.2) is 23.6 Å². The highest BCUT2D eigenvalue weighted by Crippen LogP contribution is 2.14. The lowest BCUT2D eigenvalue weighted by Crippen LogP contribution is -2.18. The van der Waals surface area contributed by atoms with E-state index in [-0.39, 0.29) is 0 Å². The summed E-state index contributed by atoms with van der Waals surface area (Å²) in [4.78, 5) is 10.1. The minimum absolute atomic E-state index is 0.295. The molecule has 1 aromatic heterocycles. The summed E-state index contributed by atoms with van der Waals surface area (Å²) in [5.74, 6) is 1.46. The SMILES string of the molecule is CN(CC#N)c1cc(NCc2ccc(Br)cc2)ncn1. The van der Waals surface area contributed by atoms with Gasteiger partial charge in [0.05, 0.1) is 6.07 Å². The number of benzene rings is 1. The fraction of sp³-hybridized carbons (Fsp3) is 0.214. The van der Waals surface area contributed by atoms with E-state index in [0.717, 1.165) is 16.1 Å². The van der Waals surface area contributed by atoms with Crippen LogP contribution in [0.1, 0.15) is 5.56 Å². The van der Waals surface area contributed by atoms with Gasteiger partial charge in [0.2, 0.25) is 0 Å². The van der Waals surface area contributed by atoms with Gasteiger partial charge in [-0.2, -0.15) is 5.26 Å². The third-order valence-electron chi connectivity index (χ3n) is 2.74. The third kappa shape index (κ3) is 3.93. The molecule has 0 bridgehead atoms. The first-order valence-electron chi connectivity index (χ1n) is 6.07. The van der Waals surface area contributed by atoms with Crippen molar-refractivity contribution in [2.75, 3.05) is 23.8 Å². The molecule has 0 spiro atoms. The van der Waals surface area contributed by atoms with E-state index >= 15 is 0 Å². The predicted molar refractivity (Wildman–Crippen MR) is 82.4 cm³/mol. The van der Waals surface area contributed by atoms with E-state index in [9.17, 15) is 0 Å². The van der Waals surface area contributed by atoms with E-state index in [1.54, 1.807) is 4.90 Å². The molecule has 0 fully saturated rings. The van der Waals surface area contributed by atoms with E-state index in [1.165, 1.54) is 11.9 Å². The number of hydrogen-bond acceptors (Lipinski definition) is 5. The minimum atomic E-state index is 0.295. The first-order valence-corrected chi connectivity index (χ1v) is 6.87.